The summed E-state index contributed by atoms with van der Waals surface area (Å²) in [6.45, 7) is 1.17. The van der Waals surface area contributed by atoms with E-state index in [1.807, 2.05) is 0 Å². The standard InChI is InChI=1S/C8H16O7/c1-3(7(12)13)4(9)5(10)6(11)8(14)15-2/h3-6,8-11,14H,1-2H3,(H,12,13). The van der Waals surface area contributed by atoms with E-state index in [1.165, 1.54) is 6.92 Å². The summed E-state index contributed by atoms with van der Waals surface area (Å²) in [4.78, 5) is 10.5. The van der Waals surface area contributed by atoms with Crippen molar-refractivity contribution in [2.24, 2.45) is 5.92 Å². The lowest BCUT2D eigenvalue weighted by Gasteiger charge is -2.27. The SMILES string of the molecule is COC(O)C(O)C(O)C(O)C(C)C(=O)O. The van der Waals surface area contributed by atoms with Gasteiger partial charge in [0.2, 0.25) is 0 Å². The van der Waals surface area contributed by atoms with Gasteiger partial charge in [-0.05, 0) is 6.92 Å². The van der Waals surface area contributed by atoms with Gasteiger partial charge < -0.3 is 30.3 Å². The van der Waals surface area contributed by atoms with Crippen molar-refractivity contribution in [3.8, 4) is 0 Å². The highest BCUT2D eigenvalue weighted by atomic mass is 16.6. The second kappa shape index (κ2) is 5.99. The molecule has 7 heteroatoms. The van der Waals surface area contributed by atoms with E-state index >= 15 is 0 Å². The third kappa shape index (κ3) is 3.73. The highest BCUT2D eigenvalue weighted by Gasteiger charge is 2.35. The molecular weight excluding hydrogens is 208 g/mol. The number of carboxylic acids is 1. The Morgan fingerprint density at radius 2 is 1.53 bits per heavy atom. The summed E-state index contributed by atoms with van der Waals surface area (Å²) in [5.74, 6) is -2.58. The highest BCUT2D eigenvalue weighted by Crippen LogP contribution is 2.13. The van der Waals surface area contributed by atoms with E-state index in [4.69, 9.17) is 10.2 Å². The van der Waals surface area contributed by atoms with Crippen molar-refractivity contribution in [1.29, 1.82) is 0 Å². The Morgan fingerprint density at radius 3 is 1.87 bits per heavy atom. The lowest BCUT2D eigenvalue weighted by Crippen LogP contribution is -2.48. The van der Waals surface area contributed by atoms with Gasteiger partial charge in [-0.3, -0.25) is 4.79 Å². The fraction of sp³-hybridized carbons (Fsp3) is 0.875. The molecule has 0 rings (SSSR count). The molecule has 0 bridgehead atoms. The zero-order valence-electron chi connectivity index (χ0n) is 8.44. The van der Waals surface area contributed by atoms with Crippen molar-refractivity contribution in [2.45, 2.75) is 31.5 Å². The highest BCUT2D eigenvalue weighted by molar-refractivity contribution is 5.70. The molecule has 0 radical (unpaired) electrons. The monoisotopic (exact) mass is 224 g/mol. The third-order valence-corrected chi connectivity index (χ3v) is 2.14. The number of aliphatic hydroxyl groups is 4. The average molecular weight is 224 g/mol. The maximum atomic E-state index is 10.5. The number of rotatable bonds is 6. The molecule has 5 unspecified atom stereocenters. The van der Waals surface area contributed by atoms with Crippen LogP contribution in [0.1, 0.15) is 6.92 Å². The first-order chi connectivity index (χ1) is 6.82. The molecule has 5 N–H and O–H groups in total. The predicted octanol–water partition coefficient (Wildman–Crippen LogP) is -2.25. The first-order valence-electron chi connectivity index (χ1n) is 4.30. The van der Waals surface area contributed by atoms with Crippen molar-refractivity contribution >= 4 is 5.97 Å². The molecule has 0 aliphatic heterocycles. The van der Waals surface area contributed by atoms with Gasteiger partial charge in [0.15, 0.2) is 6.29 Å². The molecule has 0 aromatic rings. The normalized spacial score (nSPS) is 21.5. The quantitative estimate of drug-likeness (QED) is 0.322. The summed E-state index contributed by atoms with van der Waals surface area (Å²) < 4.78 is 4.31. The average Bonchev–Trinajstić information content (AvgIpc) is 2.23. The zero-order chi connectivity index (χ0) is 12.2. The van der Waals surface area contributed by atoms with Crippen LogP contribution in [-0.2, 0) is 9.53 Å². The number of carboxylic acid groups (broad SMARTS) is 1. The van der Waals surface area contributed by atoms with Crippen LogP contribution in [0.15, 0.2) is 0 Å². The van der Waals surface area contributed by atoms with E-state index in [0.29, 0.717) is 0 Å². The van der Waals surface area contributed by atoms with Crippen LogP contribution in [0.3, 0.4) is 0 Å². The van der Waals surface area contributed by atoms with Crippen molar-refractivity contribution in [3.05, 3.63) is 0 Å². The van der Waals surface area contributed by atoms with E-state index in [1.54, 1.807) is 0 Å². The van der Waals surface area contributed by atoms with Crippen LogP contribution in [0.5, 0.6) is 0 Å². The molecule has 5 atom stereocenters. The Hall–Kier alpha value is -0.730. The lowest BCUT2D eigenvalue weighted by atomic mass is 9.96. The molecule has 0 aromatic carbocycles. The van der Waals surface area contributed by atoms with E-state index in [2.05, 4.69) is 4.74 Å². The minimum absolute atomic E-state index is 1.09. The summed E-state index contributed by atoms with van der Waals surface area (Å²) in [5.41, 5.74) is 0. The second-order valence-corrected chi connectivity index (χ2v) is 3.22. The minimum Gasteiger partial charge on any atom is -0.481 e. The van der Waals surface area contributed by atoms with Gasteiger partial charge in [-0.15, -0.1) is 0 Å². The van der Waals surface area contributed by atoms with Gasteiger partial charge in [-0.2, -0.15) is 0 Å². The first kappa shape index (κ1) is 14.3. The molecule has 7 nitrogen and oxygen atoms in total. The van der Waals surface area contributed by atoms with Crippen LogP contribution in [0.4, 0.5) is 0 Å². The van der Waals surface area contributed by atoms with Crippen LogP contribution < -0.4 is 0 Å². The van der Waals surface area contributed by atoms with E-state index in [-0.39, 0.29) is 0 Å². The number of aliphatic hydroxyl groups excluding tert-OH is 4. The Labute approximate surface area is 86.5 Å². The second-order valence-electron chi connectivity index (χ2n) is 3.22. The summed E-state index contributed by atoms with van der Waals surface area (Å²) in [6, 6.07) is 0. The molecule has 0 spiro atoms. The molecule has 0 aliphatic rings. The molecule has 15 heavy (non-hydrogen) atoms. The summed E-state index contributed by atoms with van der Waals surface area (Å²) in [5, 5.41) is 45.3. The van der Waals surface area contributed by atoms with Crippen LogP contribution in [0, 0.1) is 5.92 Å². The Balaban J connectivity index is 4.42. The van der Waals surface area contributed by atoms with E-state index < -0.39 is 36.5 Å². The van der Waals surface area contributed by atoms with Crippen molar-refractivity contribution in [1.82, 2.24) is 0 Å². The zero-order valence-corrected chi connectivity index (χ0v) is 8.44. The number of aliphatic carboxylic acids is 1. The molecule has 90 valence electrons. The van der Waals surface area contributed by atoms with Gasteiger partial charge in [0.1, 0.15) is 12.2 Å². The fourth-order valence-electron chi connectivity index (χ4n) is 0.952. The van der Waals surface area contributed by atoms with Gasteiger partial charge in [0.25, 0.3) is 0 Å². The summed E-state index contributed by atoms with van der Waals surface area (Å²) in [6.07, 6.45) is -6.95. The smallest absolute Gasteiger partial charge is 0.308 e. The topological polar surface area (TPSA) is 127 Å². The number of ether oxygens (including phenoxy) is 1. The molecule has 0 amide bonds. The molecule has 0 saturated carbocycles. The Kier molecular flexibility index (Phi) is 5.69. The van der Waals surface area contributed by atoms with Crippen LogP contribution >= 0.6 is 0 Å². The number of carbonyl (C=O) groups is 1. The van der Waals surface area contributed by atoms with Gasteiger partial charge >= 0.3 is 5.97 Å². The summed E-state index contributed by atoms with van der Waals surface area (Å²) >= 11 is 0. The van der Waals surface area contributed by atoms with Crippen molar-refractivity contribution in [3.63, 3.8) is 0 Å². The number of hydrogen-bond donors (Lipinski definition) is 5. The molecule has 0 heterocycles. The number of hydrogen-bond acceptors (Lipinski definition) is 6. The fourth-order valence-corrected chi connectivity index (χ4v) is 0.952. The molecule has 0 fully saturated rings. The van der Waals surface area contributed by atoms with Crippen LogP contribution in [0.25, 0.3) is 0 Å². The van der Waals surface area contributed by atoms with Crippen molar-refractivity contribution in [2.75, 3.05) is 7.11 Å². The molecular formula is C8H16O7. The molecule has 0 aromatic heterocycles. The summed E-state index contributed by atoms with van der Waals surface area (Å²) in [7, 11) is 1.09. The molecule has 0 aliphatic carbocycles. The predicted molar refractivity (Wildman–Crippen MR) is 47.8 cm³/mol. The van der Waals surface area contributed by atoms with Gasteiger partial charge in [0.05, 0.1) is 12.0 Å². The van der Waals surface area contributed by atoms with Gasteiger partial charge in [-0.1, -0.05) is 0 Å². The van der Waals surface area contributed by atoms with Gasteiger partial charge in [0, 0.05) is 7.11 Å². The Morgan fingerprint density at radius 1 is 1.07 bits per heavy atom. The van der Waals surface area contributed by atoms with E-state index in [9.17, 15) is 20.1 Å². The first-order valence-corrected chi connectivity index (χ1v) is 4.30. The van der Waals surface area contributed by atoms with E-state index in [0.717, 1.165) is 7.11 Å². The Bertz CT molecular complexity index is 207. The largest absolute Gasteiger partial charge is 0.481 e. The van der Waals surface area contributed by atoms with Crippen molar-refractivity contribution < 1.29 is 35.1 Å². The molecule has 0 saturated heterocycles. The maximum absolute atomic E-state index is 10.5. The van der Waals surface area contributed by atoms with Crippen LogP contribution in [-0.4, -0.2) is 63.2 Å². The maximum Gasteiger partial charge on any atom is 0.308 e. The lowest BCUT2D eigenvalue weighted by molar-refractivity contribution is -0.197. The third-order valence-electron chi connectivity index (χ3n) is 2.14. The van der Waals surface area contributed by atoms with Crippen LogP contribution in [0.2, 0.25) is 0 Å². The number of methoxy groups -OCH3 is 1. The van der Waals surface area contributed by atoms with Gasteiger partial charge in [-0.25, -0.2) is 0 Å². The minimum atomic E-state index is -1.80.